The molecule has 0 aliphatic rings. The Labute approximate surface area is 101 Å². The highest BCUT2D eigenvalue weighted by Gasteiger charge is 2.22. The molecule has 0 heterocycles. The number of carbonyl (C=O) groups excluding carboxylic acids is 2. The zero-order valence-electron chi connectivity index (χ0n) is 10.5. The average Bonchev–Trinajstić information content (AvgIpc) is 2.19. The molecular formula is C13H17NO3. The Morgan fingerprint density at radius 2 is 1.65 bits per heavy atom. The molecule has 0 atom stereocenters. The van der Waals surface area contributed by atoms with Crippen LogP contribution in [-0.4, -0.2) is 17.5 Å². The Balaban J connectivity index is 2.60. The molecule has 0 spiro atoms. The van der Waals surface area contributed by atoms with E-state index in [-0.39, 0.29) is 0 Å². The van der Waals surface area contributed by atoms with Gasteiger partial charge in [-0.25, -0.2) is 4.79 Å². The van der Waals surface area contributed by atoms with E-state index in [1.165, 1.54) is 0 Å². The van der Waals surface area contributed by atoms with Crippen molar-refractivity contribution in [3.05, 3.63) is 29.8 Å². The van der Waals surface area contributed by atoms with E-state index in [2.05, 4.69) is 5.32 Å². The van der Waals surface area contributed by atoms with Gasteiger partial charge in [-0.05, 0) is 39.8 Å². The fourth-order valence-corrected chi connectivity index (χ4v) is 1.14. The molecule has 0 saturated heterocycles. The van der Waals surface area contributed by atoms with Crippen molar-refractivity contribution in [2.24, 2.45) is 0 Å². The second kappa shape index (κ2) is 4.99. The molecule has 0 fully saturated rings. The lowest BCUT2D eigenvalue weighted by atomic mass is 10.2. The van der Waals surface area contributed by atoms with Crippen LogP contribution >= 0.6 is 0 Å². The minimum absolute atomic E-state index is 0.575. The van der Waals surface area contributed by atoms with Crippen molar-refractivity contribution >= 4 is 17.6 Å². The second-order valence-electron chi connectivity index (χ2n) is 4.82. The van der Waals surface area contributed by atoms with Crippen LogP contribution in [0.1, 0.15) is 26.3 Å². The van der Waals surface area contributed by atoms with E-state index in [0.717, 1.165) is 5.56 Å². The summed E-state index contributed by atoms with van der Waals surface area (Å²) < 4.78 is 4.94. The summed E-state index contributed by atoms with van der Waals surface area (Å²) >= 11 is 0. The third kappa shape index (κ3) is 4.68. The predicted octanol–water partition coefficient (Wildman–Crippen LogP) is 2.28. The Morgan fingerprint density at radius 1 is 1.12 bits per heavy atom. The summed E-state index contributed by atoms with van der Waals surface area (Å²) in [6.07, 6.45) is 0. The van der Waals surface area contributed by atoms with Gasteiger partial charge in [0.1, 0.15) is 5.60 Å². The third-order valence-corrected chi connectivity index (χ3v) is 1.89. The molecule has 0 aliphatic carbocycles. The highest BCUT2D eigenvalue weighted by molar-refractivity contribution is 6.37. The summed E-state index contributed by atoms with van der Waals surface area (Å²) in [5.41, 5.74) is 0.994. The predicted molar refractivity (Wildman–Crippen MR) is 65.7 cm³/mol. The van der Waals surface area contributed by atoms with E-state index < -0.39 is 17.5 Å². The largest absolute Gasteiger partial charge is 0.453 e. The minimum atomic E-state index is -0.877. The lowest BCUT2D eigenvalue weighted by Crippen LogP contribution is -2.32. The van der Waals surface area contributed by atoms with Gasteiger partial charge in [-0.1, -0.05) is 17.7 Å². The highest BCUT2D eigenvalue weighted by atomic mass is 16.6. The van der Waals surface area contributed by atoms with E-state index in [1.54, 1.807) is 32.9 Å². The van der Waals surface area contributed by atoms with Gasteiger partial charge in [0.05, 0.1) is 0 Å². The van der Waals surface area contributed by atoms with Gasteiger partial charge in [-0.2, -0.15) is 0 Å². The smallest absolute Gasteiger partial charge is 0.397 e. The van der Waals surface area contributed by atoms with Crippen molar-refractivity contribution in [1.82, 2.24) is 0 Å². The van der Waals surface area contributed by atoms with Gasteiger partial charge in [0.2, 0.25) is 0 Å². The molecule has 17 heavy (non-hydrogen) atoms. The van der Waals surface area contributed by atoms with Crippen LogP contribution in [0.25, 0.3) is 0 Å². The van der Waals surface area contributed by atoms with Crippen LogP contribution in [0.4, 0.5) is 5.69 Å². The van der Waals surface area contributed by atoms with Gasteiger partial charge < -0.3 is 10.1 Å². The first-order valence-electron chi connectivity index (χ1n) is 5.39. The van der Waals surface area contributed by atoms with Gasteiger partial charge in [-0.3, -0.25) is 4.79 Å². The molecule has 92 valence electrons. The van der Waals surface area contributed by atoms with Gasteiger partial charge in [0.25, 0.3) is 0 Å². The summed E-state index contributed by atoms with van der Waals surface area (Å²) in [6, 6.07) is 7.17. The first-order chi connectivity index (χ1) is 7.78. The quantitative estimate of drug-likeness (QED) is 0.600. The molecule has 1 rings (SSSR count). The van der Waals surface area contributed by atoms with E-state index in [1.807, 2.05) is 19.1 Å². The molecule has 0 aliphatic heterocycles. The van der Waals surface area contributed by atoms with Crippen molar-refractivity contribution < 1.29 is 14.3 Å². The Kier molecular flexibility index (Phi) is 3.89. The van der Waals surface area contributed by atoms with Crippen molar-refractivity contribution in [2.45, 2.75) is 33.3 Å². The van der Waals surface area contributed by atoms with Crippen LogP contribution < -0.4 is 5.32 Å². The highest BCUT2D eigenvalue weighted by Crippen LogP contribution is 2.10. The number of amides is 1. The maximum absolute atomic E-state index is 11.5. The lowest BCUT2D eigenvalue weighted by molar-refractivity contribution is -0.161. The summed E-state index contributed by atoms with van der Waals surface area (Å²) in [6.45, 7) is 7.08. The van der Waals surface area contributed by atoms with Gasteiger partial charge in [-0.15, -0.1) is 0 Å². The molecule has 1 aromatic carbocycles. The van der Waals surface area contributed by atoms with Crippen LogP contribution in [0, 0.1) is 6.92 Å². The summed E-state index contributed by atoms with van der Waals surface area (Å²) in [7, 11) is 0. The zero-order chi connectivity index (χ0) is 13.1. The van der Waals surface area contributed by atoms with E-state index in [4.69, 9.17) is 4.74 Å². The topological polar surface area (TPSA) is 55.4 Å². The van der Waals surface area contributed by atoms with Gasteiger partial charge in [0, 0.05) is 5.69 Å². The zero-order valence-corrected chi connectivity index (χ0v) is 10.5. The second-order valence-corrected chi connectivity index (χ2v) is 4.82. The summed E-state index contributed by atoms with van der Waals surface area (Å²) in [4.78, 5) is 22.9. The number of rotatable bonds is 1. The molecule has 0 aromatic heterocycles. The molecule has 0 saturated carbocycles. The van der Waals surface area contributed by atoms with E-state index in [0.29, 0.717) is 5.69 Å². The van der Waals surface area contributed by atoms with Crippen LogP contribution in [-0.2, 0) is 14.3 Å². The molecule has 4 nitrogen and oxygen atoms in total. The standard InChI is InChI=1S/C13H17NO3/c1-9-5-7-10(8-6-9)14-11(15)12(16)17-13(2,3)4/h5-8H,1-4H3,(H,14,15). The number of hydrogen-bond donors (Lipinski definition) is 1. The van der Waals surface area contributed by atoms with Crippen molar-refractivity contribution in [3.63, 3.8) is 0 Å². The third-order valence-electron chi connectivity index (χ3n) is 1.89. The van der Waals surface area contributed by atoms with Gasteiger partial charge >= 0.3 is 11.9 Å². The van der Waals surface area contributed by atoms with Crippen LogP contribution in [0.15, 0.2) is 24.3 Å². The van der Waals surface area contributed by atoms with E-state index in [9.17, 15) is 9.59 Å². The Bertz CT molecular complexity index is 415. The molecule has 1 aromatic rings. The Morgan fingerprint density at radius 3 is 2.12 bits per heavy atom. The minimum Gasteiger partial charge on any atom is -0.453 e. The molecule has 0 radical (unpaired) electrons. The number of carbonyl (C=O) groups is 2. The molecular weight excluding hydrogens is 218 g/mol. The van der Waals surface area contributed by atoms with E-state index >= 15 is 0 Å². The van der Waals surface area contributed by atoms with Crippen LogP contribution in [0.5, 0.6) is 0 Å². The number of benzene rings is 1. The SMILES string of the molecule is Cc1ccc(NC(=O)C(=O)OC(C)(C)C)cc1. The number of anilines is 1. The lowest BCUT2D eigenvalue weighted by Gasteiger charge is -2.18. The maximum atomic E-state index is 11.5. The van der Waals surface area contributed by atoms with Crippen LogP contribution in [0.2, 0.25) is 0 Å². The average molecular weight is 235 g/mol. The normalized spacial score (nSPS) is 10.8. The molecule has 1 amide bonds. The summed E-state index contributed by atoms with van der Waals surface area (Å²) in [5, 5.41) is 2.48. The number of ether oxygens (including phenoxy) is 1. The fourth-order valence-electron chi connectivity index (χ4n) is 1.14. The molecule has 4 heteroatoms. The first kappa shape index (κ1) is 13.2. The van der Waals surface area contributed by atoms with Crippen LogP contribution in [0.3, 0.4) is 0 Å². The molecule has 0 unspecified atom stereocenters. The monoisotopic (exact) mass is 235 g/mol. The molecule has 0 bridgehead atoms. The molecule has 1 N–H and O–H groups in total. The maximum Gasteiger partial charge on any atom is 0.397 e. The van der Waals surface area contributed by atoms with Crippen molar-refractivity contribution in [3.8, 4) is 0 Å². The Hall–Kier alpha value is -1.84. The number of aryl methyl sites for hydroxylation is 1. The number of hydrogen-bond acceptors (Lipinski definition) is 3. The van der Waals surface area contributed by atoms with Gasteiger partial charge in [0.15, 0.2) is 0 Å². The van der Waals surface area contributed by atoms with Crippen molar-refractivity contribution in [1.29, 1.82) is 0 Å². The first-order valence-corrected chi connectivity index (χ1v) is 5.39. The van der Waals surface area contributed by atoms with Crippen molar-refractivity contribution in [2.75, 3.05) is 5.32 Å². The number of esters is 1. The summed E-state index contributed by atoms with van der Waals surface area (Å²) in [5.74, 6) is -1.64. The number of nitrogens with one attached hydrogen (secondary N) is 1. The fraction of sp³-hybridized carbons (Fsp3) is 0.385.